The van der Waals surface area contributed by atoms with Crippen molar-refractivity contribution in [2.24, 2.45) is 15.6 Å². The van der Waals surface area contributed by atoms with Crippen LogP contribution in [0.4, 0.5) is 8.78 Å². The molecule has 0 aromatic rings. The van der Waals surface area contributed by atoms with E-state index in [1.54, 1.807) is 0 Å². The van der Waals surface area contributed by atoms with Gasteiger partial charge in [0.25, 0.3) is 5.66 Å². The van der Waals surface area contributed by atoms with Crippen LogP contribution in [-0.4, -0.2) is 11.6 Å². The van der Waals surface area contributed by atoms with E-state index in [2.05, 4.69) is 10.2 Å². The average molecular weight is 214 g/mol. The van der Waals surface area contributed by atoms with Crippen LogP contribution in [0.25, 0.3) is 0 Å². The second kappa shape index (κ2) is 3.55. The van der Waals surface area contributed by atoms with Gasteiger partial charge in [-0.25, -0.2) is 8.78 Å². The minimum atomic E-state index is -2.99. The molecule has 0 N–H and O–H groups in total. The number of hydrogen-bond donors (Lipinski definition) is 0. The zero-order chi connectivity index (χ0) is 11.7. The van der Waals surface area contributed by atoms with Crippen LogP contribution in [-0.2, 0) is 0 Å². The van der Waals surface area contributed by atoms with Gasteiger partial charge in [0.2, 0.25) is 0 Å². The molecule has 0 unspecified atom stereocenters. The summed E-state index contributed by atoms with van der Waals surface area (Å²) in [6.07, 6.45) is 5.24. The normalized spacial score (nSPS) is 18.7. The van der Waals surface area contributed by atoms with Crippen LogP contribution >= 0.6 is 0 Å². The number of halogens is 2. The number of alkyl halides is 2. The Morgan fingerprint density at radius 1 is 1.27 bits per heavy atom. The fraction of sp³-hybridized carbons (Fsp3) is 0.818. The van der Waals surface area contributed by atoms with E-state index >= 15 is 0 Å². The number of nitrogens with zero attached hydrogens (tertiary/aromatic N) is 2. The quantitative estimate of drug-likeness (QED) is 0.638. The fourth-order valence-corrected chi connectivity index (χ4v) is 1.31. The smallest absolute Gasteiger partial charge is 0.201 e. The molecule has 1 rings (SSSR count). The van der Waals surface area contributed by atoms with Gasteiger partial charge in [-0.2, -0.15) is 10.2 Å². The van der Waals surface area contributed by atoms with E-state index in [0.717, 1.165) is 0 Å². The van der Waals surface area contributed by atoms with Crippen LogP contribution in [0.2, 0.25) is 0 Å². The highest BCUT2D eigenvalue weighted by molar-refractivity contribution is 5.09. The summed E-state index contributed by atoms with van der Waals surface area (Å²) >= 11 is 0. The Balaban J connectivity index is 2.58. The van der Waals surface area contributed by atoms with E-state index in [1.165, 1.54) is 0 Å². The molecule has 0 spiro atoms. The van der Waals surface area contributed by atoms with Gasteiger partial charge in [-0.3, -0.25) is 0 Å². The van der Waals surface area contributed by atoms with Crippen LogP contribution in [0, 0.1) is 17.8 Å². The highest BCUT2D eigenvalue weighted by Gasteiger charge is 2.61. The zero-order valence-electron chi connectivity index (χ0n) is 9.35. The van der Waals surface area contributed by atoms with Crippen molar-refractivity contribution in [3.8, 4) is 12.3 Å². The third-order valence-electron chi connectivity index (χ3n) is 2.47. The molecule has 15 heavy (non-hydrogen) atoms. The van der Waals surface area contributed by atoms with E-state index < -0.39 is 18.0 Å². The van der Waals surface area contributed by atoms with Gasteiger partial charge in [-0.05, 0) is 11.8 Å². The van der Waals surface area contributed by atoms with Crippen molar-refractivity contribution in [2.75, 3.05) is 0 Å². The summed E-state index contributed by atoms with van der Waals surface area (Å²) in [5.41, 5.74) is -1.51. The summed E-state index contributed by atoms with van der Waals surface area (Å²) in [4.78, 5) is 0. The summed E-state index contributed by atoms with van der Waals surface area (Å²) < 4.78 is 27.0. The van der Waals surface area contributed by atoms with Crippen LogP contribution < -0.4 is 0 Å². The van der Waals surface area contributed by atoms with E-state index in [4.69, 9.17) is 6.42 Å². The molecular weight excluding hydrogens is 198 g/mol. The standard InChI is InChI=1S/C11H16F2N2/c1-5-6-10(12,13)11(14-15-11)8-7-9(2,3)4/h1H,6-8H2,2-4H3. The van der Waals surface area contributed by atoms with Crippen molar-refractivity contribution >= 4 is 0 Å². The Morgan fingerprint density at radius 2 is 1.80 bits per heavy atom. The van der Waals surface area contributed by atoms with E-state index in [-0.39, 0.29) is 11.8 Å². The Hall–Kier alpha value is -0.980. The predicted molar refractivity (Wildman–Crippen MR) is 54.7 cm³/mol. The van der Waals surface area contributed by atoms with Crippen LogP contribution in [0.15, 0.2) is 10.2 Å². The lowest BCUT2D eigenvalue weighted by Gasteiger charge is -2.24. The lowest BCUT2D eigenvalue weighted by molar-refractivity contribution is -0.0448. The SMILES string of the molecule is C#CCC(F)(F)C1(CCC(C)(C)C)N=N1. The Kier molecular flexibility index (Phi) is 2.86. The molecule has 0 aromatic carbocycles. The number of hydrogen-bond acceptors (Lipinski definition) is 2. The fourth-order valence-electron chi connectivity index (χ4n) is 1.31. The van der Waals surface area contributed by atoms with Crippen LogP contribution in [0.5, 0.6) is 0 Å². The summed E-state index contributed by atoms with van der Waals surface area (Å²) in [6, 6.07) is 0. The third kappa shape index (κ3) is 2.74. The summed E-state index contributed by atoms with van der Waals surface area (Å²) in [5, 5.41) is 7.01. The van der Waals surface area contributed by atoms with Gasteiger partial charge in [-0.15, -0.1) is 12.3 Å². The lowest BCUT2D eigenvalue weighted by Crippen LogP contribution is -2.37. The first-order valence-corrected chi connectivity index (χ1v) is 4.98. The van der Waals surface area contributed by atoms with Crippen molar-refractivity contribution in [3.63, 3.8) is 0 Å². The average Bonchev–Trinajstić information content (AvgIpc) is 2.79. The Labute approximate surface area is 89.2 Å². The minimum Gasteiger partial charge on any atom is -0.201 e. The first-order valence-electron chi connectivity index (χ1n) is 4.98. The van der Waals surface area contributed by atoms with Crippen molar-refractivity contribution in [3.05, 3.63) is 0 Å². The van der Waals surface area contributed by atoms with Gasteiger partial charge in [0.1, 0.15) is 0 Å². The van der Waals surface area contributed by atoms with E-state index in [9.17, 15) is 8.78 Å². The molecule has 0 fully saturated rings. The third-order valence-corrected chi connectivity index (χ3v) is 2.47. The van der Waals surface area contributed by atoms with Gasteiger partial charge < -0.3 is 0 Å². The van der Waals surface area contributed by atoms with Gasteiger partial charge in [0.15, 0.2) is 0 Å². The minimum absolute atomic E-state index is 0.00680. The Morgan fingerprint density at radius 3 is 2.13 bits per heavy atom. The molecule has 0 bridgehead atoms. The van der Waals surface area contributed by atoms with Gasteiger partial charge in [-0.1, -0.05) is 20.8 Å². The molecule has 4 heteroatoms. The number of rotatable bonds is 4. The molecule has 0 radical (unpaired) electrons. The largest absolute Gasteiger partial charge is 0.306 e. The molecule has 0 amide bonds. The molecule has 1 aliphatic heterocycles. The molecule has 0 aliphatic carbocycles. The monoisotopic (exact) mass is 214 g/mol. The molecule has 0 aromatic heterocycles. The second-order valence-corrected chi connectivity index (χ2v) is 5.16. The molecular formula is C11H16F2N2. The molecule has 84 valence electrons. The molecule has 0 saturated carbocycles. The van der Waals surface area contributed by atoms with E-state index in [1.807, 2.05) is 26.7 Å². The van der Waals surface area contributed by atoms with Crippen molar-refractivity contribution in [1.29, 1.82) is 0 Å². The zero-order valence-corrected chi connectivity index (χ0v) is 9.35. The summed E-state index contributed by atoms with van der Waals surface area (Å²) in [5.74, 6) is -1.01. The highest BCUT2D eigenvalue weighted by atomic mass is 19.3. The summed E-state index contributed by atoms with van der Waals surface area (Å²) in [6.45, 7) is 6.01. The van der Waals surface area contributed by atoms with E-state index in [0.29, 0.717) is 6.42 Å². The maximum atomic E-state index is 13.5. The number of terminal acetylenes is 1. The molecule has 1 heterocycles. The molecule has 2 nitrogen and oxygen atoms in total. The highest BCUT2D eigenvalue weighted by Crippen LogP contribution is 2.49. The maximum absolute atomic E-state index is 13.5. The second-order valence-electron chi connectivity index (χ2n) is 5.16. The summed E-state index contributed by atoms with van der Waals surface area (Å²) in [7, 11) is 0. The first-order chi connectivity index (χ1) is 6.72. The van der Waals surface area contributed by atoms with Crippen LogP contribution in [0.3, 0.4) is 0 Å². The van der Waals surface area contributed by atoms with Gasteiger partial charge in [0.05, 0.1) is 6.42 Å². The molecule has 1 aliphatic rings. The van der Waals surface area contributed by atoms with Crippen molar-refractivity contribution in [1.82, 2.24) is 0 Å². The lowest BCUT2D eigenvalue weighted by atomic mass is 9.85. The first kappa shape index (κ1) is 12.1. The van der Waals surface area contributed by atoms with Crippen molar-refractivity contribution < 1.29 is 8.78 Å². The topological polar surface area (TPSA) is 24.7 Å². The van der Waals surface area contributed by atoms with Crippen LogP contribution in [0.1, 0.15) is 40.0 Å². The predicted octanol–water partition coefficient (Wildman–Crippen LogP) is 3.63. The molecule has 0 atom stereocenters. The van der Waals surface area contributed by atoms with Gasteiger partial charge >= 0.3 is 5.92 Å². The maximum Gasteiger partial charge on any atom is 0.306 e. The Bertz CT molecular complexity index is 302. The van der Waals surface area contributed by atoms with Crippen molar-refractivity contribution in [2.45, 2.75) is 51.6 Å². The van der Waals surface area contributed by atoms with Gasteiger partial charge in [0, 0.05) is 6.42 Å². The molecule has 0 saturated heterocycles.